The molecule has 3 N–H and O–H groups in total. The number of anilines is 1. The van der Waals surface area contributed by atoms with Gasteiger partial charge < -0.3 is 11.1 Å². The highest BCUT2D eigenvalue weighted by molar-refractivity contribution is 9.10. The second kappa shape index (κ2) is 7.88. The Labute approximate surface area is 128 Å². The molecule has 0 spiro atoms. The van der Waals surface area contributed by atoms with Crippen molar-refractivity contribution in [1.82, 2.24) is 0 Å². The summed E-state index contributed by atoms with van der Waals surface area (Å²) in [5.41, 5.74) is 6.33. The van der Waals surface area contributed by atoms with Crippen molar-refractivity contribution in [3.05, 3.63) is 27.7 Å². The van der Waals surface area contributed by atoms with Gasteiger partial charge in [-0.25, -0.2) is 0 Å². The fraction of sp³-hybridized carbons (Fsp3) is 0.500. The van der Waals surface area contributed by atoms with Crippen molar-refractivity contribution in [2.75, 3.05) is 11.9 Å². The number of nitrogens with one attached hydrogen (secondary N) is 1. The summed E-state index contributed by atoms with van der Waals surface area (Å²) in [7, 11) is 0. The molecule has 0 saturated heterocycles. The molecule has 5 heteroatoms. The van der Waals surface area contributed by atoms with E-state index in [1.165, 1.54) is 0 Å². The molecule has 1 aromatic carbocycles. The predicted octanol–water partition coefficient (Wildman–Crippen LogP) is 4.05. The van der Waals surface area contributed by atoms with Crippen molar-refractivity contribution in [2.45, 2.75) is 26.7 Å². The third-order valence-electron chi connectivity index (χ3n) is 2.82. The van der Waals surface area contributed by atoms with Gasteiger partial charge in [-0.15, -0.1) is 0 Å². The van der Waals surface area contributed by atoms with Crippen LogP contribution in [0.1, 0.15) is 26.7 Å². The Morgan fingerprint density at radius 2 is 2.16 bits per heavy atom. The monoisotopic (exact) mass is 346 g/mol. The number of halogens is 2. The van der Waals surface area contributed by atoms with Crippen molar-refractivity contribution in [3.8, 4) is 0 Å². The standard InChI is InChI=1S/C14H20BrClN2O/c1-9(2)5-10(8-17)6-14(19)18-13-4-3-11(15)7-12(13)16/h3-4,7,9-10H,5-6,8,17H2,1-2H3,(H,18,19). The van der Waals surface area contributed by atoms with Gasteiger partial charge in [0.05, 0.1) is 10.7 Å². The zero-order chi connectivity index (χ0) is 14.4. The van der Waals surface area contributed by atoms with Gasteiger partial charge in [-0.05, 0) is 43.0 Å². The van der Waals surface area contributed by atoms with Crippen LogP contribution in [0.25, 0.3) is 0 Å². The molecule has 106 valence electrons. The van der Waals surface area contributed by atoms with Crippen LogP contribution in [0, 0.1) is 11.8 Å². The largest absolute Gasteiger partial charge is 0.330 e. The molecule has 19 heavy (non-hydrogen) atoms. The number of carbonyl (C=O) groups is 1. The van der Waals surface area contributed by atoms with Crippen LogP contribution in [0.3, 0.4) is 0 Å². The average molecular weight is 348 g/mol. The van der Waals surface area contributed by atoms with Crippen molar-refractivity contribution in [1.29, 1.82) is 0 Å². The van der Waals surface area contributed by atoms with Gasteiger partial charge in [0.25, 0.3) is 0 Å². The Morgan fingerprint density at radius 1 is 1.47 bits per heavy atom. The topological polar surface area (TPSA) is 55.1 Å². The first-order chi connectivity index (χ1) is 8.92. The number of carbonyl (C=O) groups excluding carboxylic acids is 1. The lowest BCUT2D eigenvalue weighted by Gasteiger charge is -2.17. The second-order valence-corrected chi connectivity index (χ2v) is 6.43. The molecular formula is C14H20BrClN2O. The summed E-state index contributed by atoms with van der Waals surface area (Å²) in [4.78, 5) is 12.0. The van der Waals surface area contributed by atoms with E-state index >= 15 is 0 Å². The quantitative estimate of drug-likeness (QED) is 0.815. The highest BCUT2D eigenvalue weighted by Crippen LogP contribution is 2.26. The maximum absolute atomic E-state index is 12.0. The summed E-state index contributed by atoms with van der Waals surface area (Å²) in [6.07, 6.45) is 1.39. The fourth-order valence-electron chi connectivity index (χ4n) is 1.98. The van der Waals surface area contributed by atoms with Gasteiger partial charge in [0, 0.05) is 10.9 Å². The van der Waals surface area contributed by atoms with Crippen LogP contribution in [0.2, 0.25) is 5.02 Å². The maximum atomic E-state index is 12.0. The molecule has 1 amide bonds. The van der Waals surface area contributed by atoms with E-state index in [9.17, 15) is 4.79 Å². The van der Waals surface area contributed by atoms with Crippen LogP contribution in [0.4, 0.5) is 5.69 Å². The summed E-state index contributed by atoms with van der Waals surface area (Å²) in [6.45, 7) is 4.79. The molecule has 0 bridgehead atoms. The second-order valence-electron chi connectivity index (χ2n) is 5.11. The summed E-state index contributed by atoms with van der Waals surface area (Å²) in [5.74, 6) is 0.715. The Bertz CT molecular complexity index is 437. The van der Waals surface area contributed by atoms with E-state index in [2.05, 4.69) is 35.1 Å². The van der Waals surface area contributed by atoms with Crippen LogP contribution in [0.5, 0.6) is 0 Å². The maximum Gasteiger partial charge on any atom is 0.224 e. The average Bonchev–Trinajstić information content (AvgIpc) is 2.31. The first-order valence-electron chi connectivity index (χ1n) is 6.37. The number of amides is 1. The zero-order valence-corrected chi connectivity index (χ0v) is 13.6. The molecule has 1 aromatic rings. The molecule has 0 heterocycles. The lowest BCUT2D eigenvalue weighted by atomic mass is 9.94. The van der Waals surface area contributed by atoms with E-state index in [-0.39, 0.29) is 11.8 Å². The molecule has 0 aliphatic heterocycles. The van der Waals surface area contributed by atoms with Crippen LogP contribution >= 0.6 is 27.5 Å². The van der Waals surface area contributed by atoms with E-state index in [0.717, 1.165) is 10.9 Å². The minimum atomic E-state index is -0.0414. The lowest BCUT2D eigenvalue weighted by Crippen LogP contribution is -2.23. The van der Waals surface area contributed by atoms with E-state index in [4.69, 9.17) is 17.3 Å². The van der Waals surface area contributed by atoms with Gasteiger partial charge >= 0.3 is 0 Å². The van der Waals surface area contributed by atoms with Crippen LogP contribution in [0.15, 0.2) is 22.7 Å². The Balaban J connectivity index is 2.59. The number of hydrogen-bond acceptors (Lipinski definition) is 2. The first-order valence-corrected chi connectivity index (χ1v) is 7.54. The molecule has 1 rings (SSSR count). The van der Waals surface area contributed by atoms with Crippen molar-refractivity contribution in [2.24, 2.45) is 17.6 Å². The normalized spacial score (nSPS) is 12.5. The molecule has 0 fully saturated rings. The van der Waals surface area contributed by atoms with Crippen molar-refractivity contribution in [3.63, 3.8) is 0 Å². The molecule has 0 saturated carbocycles. The first kappa shape index (κ1) is 16.5. The third-order valence-corrected chi connectivity index (χ3v) is 3.62. The van der Waals surface area contributed by atoms with Crippen LogP contribution in [-0.4, -0.2) is 12.5 Å². The highest BCUT2D eigenvalue weighted by Gasteiger charge is 2.15. The predicted molar refractivity (Wildman–Crippen MR) is 84.4 cm³/mol. The van der Waals surface area contributed by atoms with Gasteiger partial charge in [-0.2, -0.15) is 0 Å². The Kier molecular flexibility index (Phi) is 6.83. The van der Waals surface area contributed by atoms with Gasteiger partial charge in [0.2, 0.25) is 5.91 Å². The van der Waals surface area contributed by atoms with E-state index in [1.807, 2.05) is 6.07 Å². The summed E-state index contributed by atoms with van der Waals surface area (Å²) in [5, 5.41) is 3.35. The smallest absolute Gasteiger partial charge is 0.224 e. The summed E-state index contributed by atoms with van der Waals surface area (Å²) < 4.78 is 0.884. The fourth-order valence-corrected chi connectivity index (χ4v) is 2.70. The summed E-state index contributed by atoms with van der Waals surface area (Å²) >= 11 is 9.39. The summed E-state index contributed by atoms with van der Waals surface area (Å²) in [6, 6.07) is 5.38. The van der Waals surface area contributed by atoms with E-state index in [0.29, 0.717) is 29.6 Å². The lowest BCUT2D eigenvalue weighted by molar-refractivity contribution is -0.117. The van der Waals surface area contributed by atoms with Gasteiger partial charge in [-0.3, -0.25) is 4.79 Å². The molecular weight excluding hydrogens is 328 g/mol. The molecule has 1 unspecified atom stereocenters. The SMILES string of the molecule is CC(C)CC(CN)CC(=O)Nc1ccc(Br)cc1Cl. The van der Waals surface area contributed by atoms with E-state index < -0.39 is 0 Å². The van der Waals surface area contributed by atoms with E-state index in [1.54, 1.807) is 12.1 Å². The number of benzene rings is 1. The molecule has 0 aliphatic carbocycles. The zero-order valence-electron chi connectivity index (χ0n) is 11.2. The van der Waals surface area contributed by atoms with Gasteiger partial charge in [-0.1, -0.05) is 41.4 Å². The van der Waals surface area contributed by atoms with Gasteiger partial charge in [0.1, 0.15) is 0 Å². The van der Waals surface area contributed by atoms with Crippen LogP contribution < -0.4 is 11.1 Å². The Morgan fingerprint density at radius 3 is 2.68 bits per heavy atom. The van der Waals surface area contributed by atoms with Gasteiger partial charge in [0.15, 0.2) is 0 Å². The Hall–Kier alpha value is -0.580. The molecule has 0 aromatic heterocycles. The van der Waals surface area contributed by atoms with Crippen molar-refractivity contribution < 1.29 is 4.79 Å². The number of hydrogen-bond donors (Lipinski definition) is 2. The molecule has 0 radical (unpaired) electrons. The third kappa shape index (κ3) is 5.93. The minimum absolute atomic E-state index is 0.0414. The van der Waals surface area contributed by atoms with Crippen molar-refractivity contribution >= 4 is 39.1 Å². The van der Waals surface area contributed by atoms with Crippen LogP contribution in [-0.2, 0) is 4.79 Å². The number of nitrogens with two attached hydrogens (primary N) is 1. The molecule has 0 aliphatic rings. The highest BCUT2D eigenvalue weighted by atomic mass is 79.9. The number of rotatable bonds is 6. The molecule has 3 nitrogen and oxygen atoms in total. The molecule has 1 atom stereocenters. The minimum Gasteiger partial charge on any atom is -0.330 e.